The average molecular weight is 237 g/mol. The van der Waals surface area contributed by atoms with E-state index in [0.717, 1.165) is 29.2 Å². The van der Waals surface area contributed by atoms with Crippen LogP contribution in [0.4, 0.5) is 0 Å². The maximum absolute atomic E-state index is 5.85. The highest BCUT2D eigenvalue weighted by atomic mass is 16.5. The van der Waals surface area contributed by atoms with Gasteiger partial charge in [0, 0.05) is 24.6 Å². The summed E-state index contributed by atoms with van der Waals surface area (Å²) in [5.41, 5.74) is 1.08. The number of hydrogen-bond acceptors (Lipinski definition) is 4. The zero-order valence-corrected chi connectivity index (χ0v) is 10.7. The van der Waals surface area contributed by atoms with Crippen LogP contribution in [-0.4, -0.2) is 27.4 Å². The molecule has 94 valence electrons. The summed E-state index contributed by atoms with van der Waals surface area (Å²) >= 11 is 0. The molecule has 4 heteroatoms. The molecule has 0 aromatic heterocycles. The minimum Gasteiger partial charge on any atom is -0.496 e. The predicted octanol–water partition coefficient (Wildman–Crippen LogP) is 2.14. The maximum Gasteiger partial charge on any atom is 0.131 e. The molecule has 0 saturated carbocycles. The molecule has 2 atom stereocenters. The number of fused-ring (bicyclic) bond motifs is 1. The Morgan fingerprint density at radius 1 is 1.29 bits per heavy atom. The second-order valence-corrected chi connectivity index (χ2v) is 4.25. The zero-order chi connectivity index (χ0) is 12.4. The third-order valence-corrected chi connectivity index (χ3v) is 3.13. The van der Waals surface area contributed by atoms with Crippen LogP contribution >= 0.6 is 0 Å². The van der Waals surface area contributed by atoms with Gasteiger partial charge in [-0.25, -0.2) is 0 Å². The Bertz CT molecular complexity index is 406. The summed E-state index contributed by atoms with van der Waals surface area (Å²) < 4.78 is 16.5. The molecule has 0 radical (unpaired) electrons. The smallest absolute Gasteiger partial charge is 0.131 e. The van der Waals surface area contributed by atoms with Crippen molar-refractivity contribution in [2.24, 2.45) is 0 Å². The lowest BCUT2D eigenvalue weighted by Gasteiger charge is -2.31. The summed E-state index contributed by atoms with van der Waals surface area (Å²) in [5.74, 6) is 2.41. The standard InChI is InChI=1S/C13H19NO3/c1-8-5-10(14-2)13-11(16-4)6-9(15-3)7-12(13)17-8/h6-8,10,14H,5H2,1-4H3. The van der Waals surface area contributed by atoms with E-state index in [0.29, 0.717) is 0 Å². The molecule has 1 N–H and O–H groups in total. The number of nitrogens with one attached hydrogen (secondary N) is 1. The molecule has 1 aliphatic heterocycles. The van der Waals surface area contributed by atoms with Gasteiger partial charge >= 0.3 is 0 Å². The third kappa shape index (κ3) is 2.17. The van der Waals surface area contributed by atoms with Gasteiger partial charge in [0.05, 0.1) is 25.9 Å². The van der Waals surface area contributed by atoms with Crippen LogP contribution in [0.25, 0.3) is 0 Å². The molecular formula is C13H19NO3. The van der Waals surface area contributed by atoms with Crippen molar-refractivity contribution < 1.29 is 14.2 Å². The van der Waals surface area contributed by atoms with E-state index in [1.807, 2.05) is 19.2 Å². The summed E-state index contributed by atoms with van der Waals surface area (Å²) in [6.45, 7) is 2.07. The highest BCUT2D eigenvalue weighted by molar-refractivity contribution is 5.53. The Kier molecular flexibility index (Phi) is 3.43. The second-order valence-electron chi connectivity index (χ2n) is 4.25. The topological polar surface area (TPSA) is 39.7 Å². The van der Waals surface area contributed by atoms with Crippen molar-refractivity contribution in [1.29, 1.82) is 0 Å². The van der Waals surface area contributed by atoms with E-state index in [2.05, 4.69) is 12.2 Å². The van der Waals surface area contributed by atoms with E-state index in [9.17, 15) is 0 Å². The molecule has 1 heterocycles. The first-order valence-corrected chi connectivity index (χ1v) is 5.79. The largest absolute Gasteiger partial charge is 0.496 e. The molecule has 0 fully saturated rings. The van der Waals surface area contributed by atoms with E-state index in [4.69, 9.17) is 14.2 Å². The number of ether oxygens (including phenoxy) is 3. The number of hydrogen-bond donors (Lipinski definition) is 1. The molecule has 0 bridgehead atoms. The van der Waals surface area contributed by atoms with Crippen LogP contribution in [0.5, 0.6) is 17.2 Å². The van der Waals surface area contributed by atoms with Crippen molar-refractivity contribution in [3.8, 4) is 17.2 Å². The van der Waals surface area contributed by atoms with Crippen LogP contribution < -0.4 is 19.5 Å². The quantitative estimate of drug-likeness (QED) is 0.874. The summed E-state index contributed by atoms with van der Waals surface area (Å²) in [4.78, 5) is 0. The molecule has 1 aromatic rings. The van der Waals surface area contributed by atoms with Crippen LogP contribution in [0.2, 0.25) is 0 Å². The minimum absolute atomic E-state index is 0.191. The Morgan fingerprint density at radius 2 is 2.06 bits per heavy atom. The van der Waals surface area contributed by atoms with Crippen LogP contribution in [0.3, 0.4) is 0 Å². The van der Waals surface area contributed by atoms with Crippen molar-refractivity contribution in [3.63, 3.8) is 0 Å². The Hall–Kier alpha value is -1.42. The van der Waals surface area contributed by atoms with Crippen molar-refractivity contribution in [2.75, 3.05) is 21.3 Å². The molecule has 17 heavy (non-hydrogen) atoms. The van der Waals surface area contributed by atoms with Crippen molar-refractivity contribution in [2.45, 2.75) is 25.5 Å². The minimum atomic E-state index is 0.191. The lowest BCUT2D eigenvalue weighted by molar-refractivity contribution is 0.165. The zero-order valence-electron chi connectivity index (χ0n) is 10.7. The van der Waals surface area contributed by atoms with Gasteiger partial charge in [-0.05, 0) is 14.0 Å². The van der Waals surface area contributed by atoms with E-state index >= 15 is 0 Å². The lowest BCUT2D eigenvalue weighted by atomic mass is 9.96. The highest BCUT2D eigenvalue weighted by Gasteiger charge is 2.28. The SMILES string of the molecule is CNC1CC(C)Oc2cc(OC)cc(OC)c21. The maximum atomic E-state index is 5.85. The molecule has 1 aliphatic rings. The summed E-state index contributed by atoms with van der Waals surface area (Å²) in [5, 5.41) is 3.30. The highest BCUT2D eigenvalue weighted by Crippen LogP contribution is 2.43. The number of methoxy groups -OCH3 is 2. The first-order chi connectivity index (χ1) is 8.19. The van der Waals surface area contributed by atoms with Gasteiger partial charge in [0.2, 0.25) is 0 Å². The summed E-state index contributed by atoms with van der Waals surface area (Å²) in [6, 6.07) is 4.06. The number of rotatable bonds is 3. The molecule has 4 nitrogen and oxygen atoms in total. The normalized spacial score (nSPS) is 22.6. The molecule has 0 amide bonds. The number of benzene rings is 1. The Morgan fingerprint density at radius 3 is 2.65 bits per heavy atom. The molecular weight excluding hydrogens is 218 g/mol. The summed E-state index contributed by atoms with van der Waals surface area (Å²) in [6.07, 6.45) is 1.13. The average Bonchev–Trinajstić information content (AvgIpc) is 2.35. The van der Waals surface area contributed by atoms with Crippen LogP contribution in [0.1, 0.15) is 24.9 Å². The van der Waals surface area contributed by atoms with Crippen molar-refractivity contribution in [3.05, 3.63) is 17.7 Å². The fourth-order valence-electron chi connectivity index (χ4n) is 2.28. The van der Waals surface area contributed by atoms with Crippen molar-refractivity contribution in [1.82, 2.24) is 5.32 Å². The lowest BCUT2D eigenvalue weighted by Crippen LogP contribution is -2.29. The Labute approximate surface area is 102 Å². The van der Waals surface area contributed by atoms with Crippen LogP contribution in [0.15, 0.2) is 12.1 Å². The van der Waals surface area contributed by atoms with Crippen LogP contribution in [0, 0.1) is 0 Å². The Balaban J connectivity index is 2.51. The predicted molar refractivity (Wildman–Crippen MR) is 66.1 cm³/mol. The molecule has 2 rings (SSSR count). The van der Waals surface area contributed by atoms with E-state index in [-0.39, 0.29) is 12.1 Å². The van der Waals surface area contributed by atoms with E-state index in [1.165, 1.54) is 0 Å². The summed E-state index contributed by atoms with van der Waals surface area (Å²) in [7, 11) is 5.26. The van der Waals surface area contributed by atoms with Crippen molar-refractivity contribution >= 4 is 0 Å². The van der Waals surface area contributed by atoms with Crippen LogP contribution in [-0.2, 0) is 0 Å². The van der Waals surface area contributed by atoms with Gasteiger partial charge in [-0.3, -0.25) is 0 Å². The van der Waals surface area contributed by atoms with E-state index in [1.54, 1.807) is 14.2 Å². The van der Waals surface area contributed by atoms with Gasteiger partial charge in [-0.2, -0.15) is 0 Å². The molecule has 2 unspecified atom stereocenters. The van der Waals surface area contributed by atoms with Gasteiger partial charge < -0.3 is 19.5 Å². The molecule has 0 saturated heterocycles. The van der Waals surface area contributed by atoms with Gasteiger partial charge in [-0.1, -0.05) is 0 Å². The first-order valence-electron chi connectivity index (χ1n) is 5.79. The fraction of sp³-hybridized carbons (Fsp3) is 0.538. The van der Waals surface area contributed by atoms with Gasteiger partial charge in [0.15, 0.2) is 0 Å². The molecule has 1 aromatic carbocycles. The van der Waals surface area contributed by atoms with Gasteiger partial charge in [0.25, 0.3) is 0 Å². The molecule has 0 spiro atoms. The first kappa shape index (κ1) is 12.0. The van der Waals surface area contributed by atoms with E-state index < -0.39 is 0 Å². The molecule has 0 aliphatic carbocycles. The monoisotopic (exact) mass is 237 g/mol. The fourth-order valence-corrected chi connectivity index (χ4v) is 2.28. The van der Waals surface area contributed by atoms with Gasteiger partial charge in [0.1, 0.15) is 17.2 Å². The van der Waals surface area contributed by atoms with Gasteiger partial charge in [-0.15, -0.1) is 0 Å². The third-order valence-electron chi connectivity index (χ3n) is 3.13. The second kappa shape index (κ2) is 4.84.